The van der Waals surface area contributed by atoms with Crippen molar-refractivity contribution in [3.63, 3.8) is 0 Å². The molecule has 3 N–H and O–H groups in total. The third-order valence-electron chi connectivity index (χ3n) is 10.6. The molecule has 0 radical (unpaired) electrons. The zero-order valence-electron chi connectivity index (χ0n) is 25.0. The second kappa shape index (κ2) is 13.0. The van der Waals surface area contributed by atoms with Crippen molar-refractivity contribution in [2.45, 2.75) is 146 Å². The molecule has 3 fully saturated rings. The molecule has 2 aliphatic heterocycles. The van der Waals surface area contributed by atoms with Gasteiger partial charge in [-0.3, -0.25) is 14.5 Å². The molecule has 2 saturated carbocycles. The summed E-state index contributed by atoms with van der Waals surface area (Å²) in [4.78, 5) is 25.4. The summed E-state index contributed by atoms with van der Waals surface area (Å²) in [5.41, 5.74) is 0.454. The Kier molecular flexibility index (Phi) is 9.64. The minimum atomic E-state index is -0.940. The van der Waals surface area contributed by atoms with Crippen LogP contribution in [0.3, 0.4) is 0 Å². The van der Waals surface area contributed by atoms with Crippen molar-refractivity contribution in [2.75, 3.05) is 13.1 Å². The molecule has 2 heterocycles. The van der Waals surface area contributed by atoms with Crippen LogP contribution in [0.4, 0.5) is 0 Å². The summed E-state index contributed by atoms with van der Waals surface area (Å²) >= 11 is 0. The summed E-state index contributed by atoms with van der Waals surface area (Å²) in [6.45, 7) is 4.20. The van der Waals surface area contributed by atoms with Gasteiger partial charge in [0.25, 0.3) is 0 Å². The molecule has 7 nitrogen and oxygen atoms in total. The van der Waals surface area contributed by atoms with E-state index in [-0.39, 0.29) is 17.6 Å². The number of unbranched alkanes of at least 4 members (excludes halogenated alkanes) is 10. The van der Waals surface area contributed by atoms with Crippen LogP contribution in [0.2, 0.25) is 0 Å². The van der Waals surface area contributed by atoms with E-state index >= 15 is 0 Å². The Hall–Kier alpha value is -2.12. The molecule has 4 atom stereocenters. The first-order chi connectivity index (χ1) is 19.8. The Bertz CT molecular complexity index is 1090. The van der Waals surface area contributed by atoms with Crippen molar-refractivity contribution in [2.24, 2.45) is 5.92 Å². The summed E-state index contributed by atoms with van der Waals surface area (Å²) in [5, 5.41) is 30.8. The van der Waals surface area contributed by atoms with E-state index in [1.807, 2.05) is 6.07 Å². The van der Waals surface area contributed by atoms with Crippen LogP contribution < -0.4 is 4.74 Å². The lowest BCUT2D eigenvalue weighted by molar-refractivity contribution is -0.188. The van der Waals surface area contributed by atoms with Gasteiger partial charge in [0, 0.05) is 31.0 Å². The van der Waals surface area contributed by atoms with Crippen molar-refractivity contribution in [3.8, 4) is 11.5 Å². The predicted molar refractivity (Wildman–Crippen MR) is 159 cm³/mol. The first kappa shape index (κ1) is 30.3. The zero-order valence-corrected chi connectivity index (χ0v) is 25.0. The van der Waals surface area contributed by atoms with Crippen molar-refractivity contribution >= 4 is 11.8 Å². The molecule has 5 aliphatic rings. The average Bonchev–Trinajstić information content (AvgIpc) is 3.69. The highest BCUT2D eigenvalue weighted by Gasteiger charge is 2.73. The van der Waals surface area contributed by atoms with Gasteiger partial charge in [0.05, 0.1) is 11.0 Å². The monoisotopic (exact) mass is 569 g/mol. The van der Waals surface area contributed by atoms with Gasteiger partial charge in [-0.25, -0.2) is 0 Å². The molecular formula is C34H51NO6. The highest BCUT2D eigenvalue weighted by Crippen LogP contribution is 2.64. The predicted octanol–water partition coefficient (Wildman–Crippen LogP) is 6.30. The Morgan fingerprint density at radius 2 is 1.66 bits per heavy atom. The molecular weight excluding hydrogens is 518 g/mol. The van der Waals surface area contributed by atoms with Gasteiger partial charge in [-0.2, -0.15) is 0 Å². The van der Waals surface area contributed by atoms with Crippen LogP contribution in [0.25, 0.3) is 0 Å². The molecule has 1 saturated heterocycles. The fraction of sp³-hybridized carbons (Fsp3) is 0.765. The van der Waals surface area contributed by atoms with Gasteiger partial charge in [0.15, 0.2) is 23.4 Å². The Balaban J connectivity index is 0.000000186. The summed E-state index contributed by atoms with van der Waals surface area (Å²) in [7, 11) is 0. The van der Waals surface area contributed by atoms with E-state index in [4.69, 9.17) is 9.84 Å². The van der Waals surface area contributed by atoms with E-state index in [9.17, 15) is 19.8 Å². The summed E-state index contributed by atoms with van der Waals surface area (Å²) in [6, 6.07) is 3.69. The van der Waals surface area contributed by atoms with E-state index in [1.54, 1.807) is 6.07 Å². The number of phenolic OH excluding ortho intramolecular Hbond substituents is 1. The lowest BCUT2D eigenvalue weighted by Gasteiger charge is -2.62. The molecule has 1 spiro atoms. The van der Waals surface area contributed by atoms with Gasteiger partial charge in [0.2, 0.25) is 0 Å². The van der Waals surface area contributed by atoms with Gasteiger partial charge < -0.3 is 20.1 Å². The van der Waals surface area contributed by atoms with Gasteiger partial charge in [-0.15, -0.1) is 0 Å². The number of rotatable bonds is 14. The maximum absolute atomic E-state index is 12.7. The third kappa shape index (κ3) is 6.04. The maximum Gasteiger partial charge on any atom is 0.303 e. The Morgan fingerprint density at radius 3 is 2.29 bits per heavy atom. The number of carboxylic acids is 1. The number of aliphatic carboxylic acids is 1. The highest BCUT2D eigenvalue weighted by atomic mass is 16.5. The number of piperidine rings is 1. The Morgan fingerprint density at radius 1 is 1.00 bits per heavy atom. The van der Waals surface area contributed by atoms with Crippen LogP contribution in [0.5, 0.6) is 11.5 Å². The second-order valence-electron chi connectivity index (χ2n) is 13.4. The minimum absolute atomic E-state index is 0.0454. The van der Waals surface area contributed by atoms with Gasteiger partial charge in [-0.05, 0) is 62.6 Å². The van der Waals surface area contributed by atoms with Gasteiger partial charge in [-0.1, -0.05) is 77.2 Å². The molecule has 7 heteroatoms. The Labute approximate surface area is 245 Å². The number of carbonyl (C=O) groups excluding carboxylic acids is 1. The van der Waals surface area contributed by atoms with E-state index in [1.165, 1.54) is 70.6 Å². The lowest BCUT2D eigenvalue weighted by atomic mass is 9.49. The van der Waals surface area contributed by atoms with Crippen LogP contribution in [0, 0.1) is 5.92 Å². The molecule has 2 bridgehead atoms. The number of carboxylic acid groups (broad SMARTS) is 1. The molecule has 0 unspecified atom stereocenters. The van der Waals surface area contributed by atoms with Crippen LogP contribution in [-0.2, 0) is 21.4 Å². The normalized spacial score (nSPS) is 29.4. The van der Waals surface area contributed by atoms with Crippen LogP contribution in [0.1, 0.15) is 127 Å². The number of hydrogen-bond acceptors (Lipinski definition) is 6. The quantitative estimate of drug-likeness (QED) is 0.226. The number of ketones is 1. The molecule has 1 aromatic carbocycles. The molecule has 6 rings (SSSR count). The van der Waals surface area contributed by atoms with E-state index in [0.717, 1.165) is 55.8 Å². The number of ether oxygens (including phenoxy) is 1. The first-order valence-corrected chi connectivity index (χ1v) is 16.5. The van der Waals surface area contributed by atoms with Crippen LogP contribution in [0.15, 0.2) is 12.1 Å². The number of hydrogen-bond donors (Lipinski definition) is 3. The molecule has 1 aromatic rings. The van der Waals surface area contributed by atoms with Gasteiger partial charge in [0.1, 0.15) is 0 Å². The highest BCUT2D eigenvalue weighted by molar-refractivity contribution is 5.90. The number of carbonyl (C=O) groups is 2. The van der Waals surface area contributed by atoms with Crippen molar-refractivity contribution < 1.29 is 29.6 Å². The third-order valence-corrected chi connectivity index (χ3v) is 10.6. The second-order valence-corrected chi connectivity index (χ2v) is 13.4. The fourth-order valence-corrected chi connectivity index (χ4v) is 8.20. The average molecular weight is 570 g/mol. The zero-order chi connectivity index (χ0) is 29.0. The number of aromatic hydroxyl groups is 1. The van der Waals surface area contributed by atoms with Crippen molar-refractivity contribution in [3.05, 3.63) is 23.3 Å². The smallest absolute Gasteiger partial charge is 0.303 e. The minimum Gasteiger partial charge on any atom is -0.504 e. The lowest BCUT2D eigenvalue weighted by Crippen LogP contribution is -2.76. The molecule has 3 aliphatic carbocycles. The largest absolute Gasteiger partial charge is 0.504 e. The number of nitrogens with zero attached hydrogens (tertiary/aromatic N) is 1. The van der Waals surface area contributed by atoms with E-state index in [2.05, 4.69) is 11.8 Å². The standard InChI is InChI=1S/C20H23NO4.C14H28O2/c22-13-4-3-12-9-15-20(24)6-5-14(23)18-19(20,16(12)17(13)25-18)7-8-21(15)10-11-1-2-11;1-2-3-4-5-6-7-8-9-10-11-12-13-14(15)16/h3-4,11,15,18,22,24H,1-2,5-10H2;2-13H2,1H3,(H,15,16)/t15-,18+,19+,20-;/m1./s1. The number of aliphatic hydroxyl groups is 1. The molecule has 228 valence electrons. The van der Waals surface area contributed by atoms with E-state index in [0.29, 0.717) is 25.0 Å². The molecule has 0 amide bonds. The SMILES string of the molecule is CCCCCCCCCCCCCC(=O)O.O=C1CC[C@@]2(O)[C@H]3Cc4ccc(O)c5c4[C@@]2(CCN3CC2CC2)[C@H]1O5. The van der Waals surface area contributed by atoms with Crippen LogP contribution in [-0.4, -0.2) is 62.8 Å². The number of likely N-dealkylation sites (tertiary alicyclic amines) is 1. The number of Topliss-reactive ketones (excluding diaryl/α,β-unsaturated/α-hetero) is 1. The summed E-state index contributed by atoms with van der Waals surface area (Å²) < 4.78 is 6.04. The van der Waals surface area contributed by atoms with Gasteiger partial charge >= 0.3 is 5.97 Å². The first-order valence-electron chi connectivity index (χ1n) is 16.5. The van der Waals surface area contributed by atoms with E-state index < -0.39 is 23.1 Å². The number of benzene rings is 1. The molecule has 41 heavy (non-hydrogen) atoms. The topological polar surface area (TPSA) is 107 Å². The fourth-order valence-electron chi connectivity index (χ4n) is 8.20. The summed E-state index contributed by atoms with van der Waals surface area (Å²) in [6.07, 6.45) is 18.7. The van der Waals surface area contributed by atoms with Crippen molar-refractivity contribution in [1.82, 2.24) is 4.90 Å². The van der Waals surface area contributed by atoms with Crippen molar-refractivity contribution in [1.29, 1.82) is 0 Å². The van der Waals surface area contributed by atoms with Crippen LogP contribution >= 0.6 is 0 Å². The summed E-state index contributed by atoms with van der Waals surface area (Å²) in [5.74, 6) is 0.732. The molecule has 0 aromatic heterocycles. The number of phenols is 1. The maximum atomic E-state index is 12.7.